The molecule has 2 aromatic carbocycles. The molecule has 1 aromatic heterocycles. The largest absolute Gasteiger partial charge is 0.423 e. The Balaban J connectivity index is 1.67. The van der Waals surface area contributed by atoms with Crippen LogP contribution < -0.4 is 10.9 Å². The predicted molar refractivity (Wildman–Crippen MR) is 113 cm³/mol. The number of hydrogen-bond acceptors (Lipinski definition) is 4. The van der Waals surface area contributed by atoms with E-state index in [9.17, 15) is 9.59 Å². The van der Waals surface area contributed by atoms with Gasteiger partial charge < -0.3 is 9.73 Å². The zero-order valence-corrected chi connectivity index (χ0v) is 16.6. The second-order valence-corrected chi connectivity index (χ2v) is 7.55. The van der Waals surface area contributed by atoms with Crippen LogP contribution in [0.3, 0.4) is 0 Å². The fourth-order valence-corrected chi connectivity index (χ4v) is 3.76. The van der Waals surface area contributed by atoms with E-state index in [1.54, 1.807) is 0 Å². The average molecular weight is 381 g/mol. The van der Waals surface area contributed by atoms with Crippen molar-refractivity contribution in [2.75, 3.05) is 11.1 Å². The maximum Gasteiger partial charge on any atom is 0.336 e. The number of hydrogen-bond donors (Lipinski definition) is 1. The number of fused-ring (bicyclic) bond motifs is 1. The van der Waals surface area contributed by atoms with Crippen LogP contribution in [-0.4, -0.2) is 11.7 Å². The molecule has 3 rings (SSSR count). The van der Waals surface area contributed by atoms with Crippen LogP contribution in [0.15, 0.2) is 51.7 Å². The Morgan fingerprint density at radius 1 is 1.15 bits per heavy atom. The van der Waals surface area contributed by atoms with Crippen molar-refractivity contribution in [2.24, 2.45) is 0 Å². The molecule has 1 amide bonds. The van der Waals surface area contributed by atoms with Crippen molar-refractivity contribution < 1.29 is 9.21 Å². The van der Waals surface area contributed by atoms with E-state index < -0.39 is 0 Å². The van der Waals surface area contributed by atoms with E-state index in [4.69, 9.17) is 4.42 Å². The highest BCUT2D eigenvalue weighted by atomic mass is 32.2. The molecule has 140 valence electrons. The molecular weight excluding hydrogens is 358 g/mol. The Hall–Kier alpha value is -2.53. The van der Waals surface area contributed by atoms with Crippen LogP contribution in [0, 0.1) is 13.8 Å². The van der Waals surface area contributed by atoms with Gasteiger partial charge in [-0.25, -0.2) is 4.79 Å². The van der Waals surface area contributed by atoms with E-state index >= 15 is 0 Å². The first-order chi connectivity index (χ1) is 13.0. The first-order valence-electron chi connectivity index (χ1n) is 8.97. The first-order valence-corrected chi connectivity index (χ1v) is 10.1. The molecule has 0 bridgehead atoms. The number of thioether (sulfide) groups is 1. The molecule has 0 aliphatic rings. The van der Waals surface area contributed by atoms with Crippen molar-refractivity contribution in [3.63, 3.8) is 0 Å². The lowest BCUT2D eigenvalue weighted by Crippen LogP contribution is -2.15. The molecule has 0 aliphatic heterocycles. The Labute approximate surface area is 163 Å². The molecule has 1 heterocycles. The molecule has 4 nitrogen and oxygen atoms in total. The molecule has 27 heavy (non-hydrogen) atoms. The zero-order valence-electron chi connectivity index (χ0n) is 15.8. The second kappa shape index (κ2) is 8.44. The third-order valence-corrected chi connectivity index (χ3v) is 5.65. The molecule has 0 fully saturated rings. The Morgan fingerprint density at radius 2 is 1.96 bits per heavy atom. The van der Waals surface area contributed by atoms with Gasteiger partial charge in [-0.1, -0.05) is 31.2 Å². The number of aryl methyl sites for hydroxylation is 2. The summed E-state index contributed by atoms with van der Waals surface area (Å²) in [7, 11) is 0. The monoisotopic (exact) mass is 381 g/mol. The van der Waals surface area contributed by atoms with Gasteiger partial charge in [-0.2, -0.15) is 0 Å². The van der Waals surface area contributed by atoms with Crippen LogP contribution in [-0.2, 0) is 17.0 Å². The van der Waals surface area contributed by atoms with Crippen LogP contribution in [0.5, 0.6) is 0 Å². The molecule has 3 aromatic rings. The molecule has 0 saturated carbocycles. The summed E-state index contributed by atoms with van der Waals surface area (Å²) in [5.74, 6) is 0.852. The van der Waals surface area contributed by atoms with E-state index in [-0.39, 0.29) is 11.5 Å². The van der Waals surface area contributed by atoms with Crippen molar-refractivity contribution in [1.82, 2.24) is 0 Å². The smallest absolute Gasteiger partial charge is 0.336 e. The minimum Gasteiger partial charge on any atom is -0.423 e. The van der Waals surface area contributed by atoms with Gasteiger partial charge in [0.25, 0.3) is 0 Å². The fourth-order valence-electron chi connectivity index (χ4n) is 2.94. The molecule has 0 radical (unpaired) electrons. The summed E-state index contributed by atoms with van der Waals surface area (Å²) in [4.78, 5) is 24.1. The number of nitrogens with one attached hydrogen (secondary N) is 1. The highest BCUT2D eigenvalue weighted by Gasteiger charge is 2.09. The lowest BCUT2D eigenvalue weighted by atomic mass is 10.1. The zero-order chi connectivity index (χ0) is 19.4. The van der Waals surface area contributed by atoms with Gasteiger partial charge in [0, 0.05) is 22.9 Å². The van der Waals surface area contributed by atoms with E-state index in [0.717, 1.165) is 39.7 Å². The molecule has 1 N–H and O–H groups in total. The van der Waals surface area contributed by atoms with E-state index in [2.05, 4.69) is 12.2 Å². The lowest BCUT2D eigenvalue weighted by molar-refractivity contribution is -0.113. The summed E-state index contributed by atoms with van der Waals surface area (Å²) in [5.41, 5.74) is 5.35. The highest BCUT2D eigenvalue weighted by molar-refractivity contribution is 7.99. The molecule has 0 atom stereocenters. The van der Waals surface area contributed by atoms with Crippen LogP contribution in [0.4, 0.5) is 5.69 Å². The normalized spacial score (nSPS) is 10.9. The van der Waals surface area contributed by atoms with Gasteiger partial charge in [0.2, 0.25) is 5.91 Å². The molecule has 0 spiro atoms. The topological polar surface area (TPSA) is 59.3 Å². The quantitative estimate of drug-likeness (QED) is 0.621. The molecule has 5 heteroatoms. The summed E-state index contributed by atoms with van der Waals surface area (Å²) >= 11 is 1.48. The predicted octanol–water partition coefficient (Wildman–Crippen LogP) is 4.84. The number of benzene rings is 2. The van der Waals surface area contributed by atoms with Gasteiger partial charge in [-0.3, -0.25) is 4.79 Å². The van der Waals surface area contributed by atoms with Gasteiger partial charge in [-0.15, -0.1) is 11.8 Å². The number of anilines is 1. The van der Waals surface area contributed by atoms with Gasteiger partial charge >= 0.3 is 5.63 Å². The first kappa shape index (κ1) is 19.2. The van der Waals surface area contributed by atoms with Crippen molar-refractivity contribution in [1.29, 1.82) is 0 Å². The Kier molecular flexibility index (Phi) is 6.01. The number of amides is 1. The minimum atomic E-state index is -0.355. The number of rotatable bonds is 6. The van der Waals surface area contributed by atoms with Gasteiger partial charge in [-0.05, 0) is 54.7 Å². The van der Waals surface area contributed by atoms with Crippen molar-refractivity contribution >= 4 is 34.3 Å². The summed E-state index contributed by atoms with van der Waals surface area (Å²) in [6, 6.07) is 13.3. The third-order valence-electron chi connectivity index (χ3n) is 4.67. The van der Waals surface area contributed by atoms with E-state index in [1.807, 2.05) is 50.2 Å². The van der Waals surface area contributed by atoms with Crippen LogP contribution in [0.25, 0.3) is 11.0 Å². The lowest BCUT2D eigenvalue weighted by Gasteiger charge is -2.10. The van der Waals surface area contributed by atoms with Gasteiger partial charge in [0.1, 0.15) is 5.58 Å². The highest BCUT2D eigenvalue weighted by Crippen LogP contribution is 2.23. The number of carbonyl (C=O) groups is 1. The van der Waals surface area contributed by atoms with Crippen LogP contribution in [0.2, 0.25) is 0 Å². The third kappa shape index (κ3) is 4.61. The van der Waals surface area contributed by atoms with Crippen LogP contribution >= 0.6 is 11.8 Å². The van der Waals surface area contributed by atoms with Gasteiger partial charge in [0.15, 0.2) is 0 Å². The van der Waals surface area contributed by atoms with Crippen molar-refractivity contribution in [3.8, 4) is 0 Å². The Bertz CT molecular complexity index is 1040. The maximum absolute atomic E-state index is 12.3. The Morgan fingerprint density at radius 3 is 2.74 bits per heavy atom. The summed E-state index contributed by atoms with van der Waals surface area (Å²) in [5, 5.41) is 3.89. The van der Waals surface area contributed by atoms with E-state index in [0.29, 0.717) is 17.1 Å². The SMILES string of the molecule is CCc1ccc2c(CSCC(=O)Nc3cccc(C)c3C)cc(=O)oc2c1. The van der Waals surface area contributed by atoms with E-state index in [1.165, 1.54) is 17.8 Å². The van der Waals surface area contributed by atoms with Crippen molar-refractivity contribution in [2.45, 2.75) is 32.9 Å². The fraction of sp³-hybridized carbons (Fsp3) is 0.273. The van der Waals surface area contributed by atoms with Gasteiger partial charge in [0.05, 0.1) is 5.75 Å². The molecule has 0 saturated heterocycles. The molecular formula is C22H23NO3S. The number of carbonyl (C=O) groups excluding carboxylic acids is 1. The summed E-state index contributed by atoms with van der Waals surface area (Å²) in [6.45, 7) is 6.08. The average Bonchev–Trinajstić information content (AvgIpc) is 2.64. The summed E-state index contributed by atoms with van der Waals surface area (Å²) < 4.78 is 5.33. The van der Waals surface area contributed by atoms with Crippen molar-refractivity contribution in [3.05, 3.63) is 75.1 Å². The second-order valence-electron chi connectivity index (χ2n) is 6.56. The molecule has 0 aliphatic carbocycles. The minimum absolute atomic E-state index is 0.0470. The molecule has 0 unspecified atom stereocenters. The standard InChI is InChI=1S/C22H23NO3S/c1-4-16-8-9-18-17(11-22(25)26-20(18)10-16)12-27-13-21(24)23-19-7-5-6-14(2)15(19)3/h5-11H,4,12-13H2,1-3H3,(H,23,24). The van der Waals surface area contributed by atoms with Crippen LogP contribution in [0.1, 0.15) is 29.2 Å². The maximum atomic E-state index is 12.3. The summed E-state index contributed by atoms with van der Waals surface area (Å²) in [6.07, 6.45) is 0.886.